The van der Waals surface area contributed by atoms with Gasteiger partial charge in [0.1, 0.15) is 0 Å². The number of aromatic nitrogens is 4. The lowest BCUT2D eigenvalue weighted by Crippen LogP contribution is -2.58. The second kappa shape index (κ2) is 5.61. The molecule has 0 aromatic carbocycles. The van der Waals surface area contributed by atoms with Crippen LogP contribution in [0.2, 0.25) is 0 Å². The van der Waals surface area contributed by atoms with Crippen molar-refractivity contribution in [3.05, 3.63) is 41.9 Å². The molecule has 0 spiro atoms. The van der Waals surface area contributed by atoms with Crippen molar-refractivity contribution in [3.8, 4) is 0 Å². The highest BCUT2D eigenvalue weighted by atomic mass is 15.4. The van der Waals surface area contributed by atoms with E-state index in [9.17, 15) is 0 Å². The first kappa shape index (κ1) is 13.6. The van der Waals surface area contributed by atoms with E-state index in [1.807, 2.05) is 12.1 Å². The zero-order chi connectivity index (χ0) is 14.9. The van der Waals surface area contributed by atoms with Crippen molar-refractivity contribution < 1.29 is 0 Å². The van der Waals surface area contributed by atoms with Crippen LogP contribution in [0.1, 0.15) is 30.1 Å². The highest BCUT2D eigenvalue weighted by molar-refractivity contribution is 5.42. The van der Waals surface area contributed by atoms with Gasteiger partial charge >= 0.3 is 0 Å². The van der Waals surface area contributed by atoms with Crippen LogP contribution in [-0.2, 0) is 6.54 Å². The smallest absolute Gasteiger partial charge is 0.151 e. The second-order valence-corrected chi connectivity index (χ2v) is 6.28. The molecule has 1 saturated heterocycles. The van der Waals surface area contributed by atoms with Crippen LogP contribution in [0.3, 0.4) is 0 Å². The van der Waals surface area contributed by atoms with Crippen LogP contribution < -0.4 is 4.90 Å². The summed E-state index contributed by atoms with van der Waals surface area (Å²) in [5.41, 5.74) is 2.16. The van der Waals surface area contributed by atoms with Gasteiger partial charge in [0.25, 0.3) is 0 Å². The molecule has 2 aliphatic rings. The van der Waals surface area contributed by atoms with Crippen molar-refractivity contribution in [2.45, 2.75) is 31.3 Å². The summed E-state index contributed by atoms with van der Waals surface area (Å²) in [6.45, 7) is 2.82. The minimum absolute atomic E-state index is 0.534. The average molecular weight is 296 g/mol. The fraction of sp³-hybridized carbons (Fsp3) is 0.500. The first-order valence-electron chi connectivity index (χ1n) is 7.85. The highest BCUT2D eigenvalue weighted by Gasteiger charge is 2.32. The predicted molar refractivity (Wildman–Crippen MR) is 83.5 cm³/mol. The van der Waals surface area contributed by atoms with E-state index >= 15 is 0 Å². The van der Waals surface area contributed by atoms with Crippen LogP contribution in [-0.4, -0.2) is 51.5 Å². The van der Waals surface area contributed by atoms with Gasteiger partial charge in [-0.05, 0) is 44.2 Å². The maximum atomic E-state index is 4.37. The van der Waals surface area contributed by atoms with Crippen molar-refractivity contribution in [1.82, 2.24) is 25.3 Å². The van der Waals surface area contributed by atoms with Crippen molar-refractivity contribution in [2.24, 2.45) is 0 Å². The summed E-state index contributed by atoms with van der Waals surface area (Å²) >= 11 is 0. The van der Waals surface area contributed by atoms with Crippen LogP contribution in [0, 0.1) is 0 Å². The highest BCUT2D eigenvalue weighted by Crippen LogP contribution is 2.38. The Balaban J connectivity index is 1.31. The molecule has 0 N–H and O–H groups in total. The van der Waals surface area contributed by atoms with Gasteiger partial charge in [-0.3, -0.25) is 4.90 Å². The Morgan fingerprint density at radius 2 is 2.00 bits per heavy atom. The number of hydrogen-bond acceptors (Lipinski definition) is 6. The molecule has 0 bridgehead atoms. The molecule has 0 unspecified atom stereocenters. The maximum Gasteiger partial charge on any atom is 0.151 e. The SMILES string of the molecule is CN(Cc1cccnn1)C1CN(c2ccc(C3CC3)nn2)C1. The van der Waals surface area contributed by atoms with Gasteiger partial charge in [0.2, 0.25) is 0 Å². The molecule has 2 fully saturated rings. The third kappa shape index (κ3) is 2.78. The Labute approximate surface area is 130 Å². The summed E-state index contributed by atoms with van der Waals surface area (Å²) < 4.78 is 0. The number of anilines is 1. The van der Waals surface area contributed by atoms with Gasteiger partial charge in [0, 0.05) is 37.8 Å². The number of rotatable bonds is 5. The predicted octanol–water partition coefficient (Wildman–Crippen LogP) is 1.46. The van der Waals surface area contributed by atoms with Crippen molar-refractivity contribution >= 4 is 5.82 Å². The lowest BCUT2D eigenvalue weighted by Gasteiger charge is -2.44. The van der Waals surface area contributed by atoms with E-state index in [4.69, 9.17) is 0 Å². The van der Waals surface area contributed by atoms with Crippen molar-refractivity contribution in [1.29, 1.82) is 0 Å². The van der Waals surface area contributed by atoms with Crippen molar-refractivity contribution in [2.75, 3.05) is 25.0 Å². The Bertz CT molecular complexity index is 619. The van der Waals surface area contributed by atoms with Gasteiger partial charge in [-0.15, -0.1) is 5.10 Å². The van der Waals surface area contributed by atoms with Crippen LogP contribution in [0.4, 0.5) is 5.82 Å². The van der Waals surface area contributed by atoms with Gasteiger partial charge in [-0.2, -0.15) is 15.3 Å². The number of nitrogens with zero attached hydrogens (tertiary/aromatic N) is 6. The molecule has 1 aliphatic carbocycles. The molecule has 0 atom stereocenters. The van der Waals surface area contributed by atoms with Crippen LogP contribution in [0.5, 0.6) is 0 Å². The van der Waals surface area contributed by atoms with Gasteiger partial charge in [0.15, 0.2) is 5.82 Å². The zero-order valence-electron chi connectivity index (χ0n) is 12.8. The summed E-state index contributed by atoms with van der Waals surface area (Å²) in [4.78, 5) is 4.61. The lowest BCUT2D eigenvalue weighted by atomic mass is 10.1. The summed E-state index contributed by atoms with van der Waals surface area (Å²) in [5, 5.41) is 16.8. The Morgan fingerprint density at radius 1 is 1.14 bits per heavy atom. The Morgan fingerprint density at radius 3 is 2.64 bits per heavy atom. The first-order valence-corrected chi connectivity index (χ1v) is 7.85. The van der Waals surface area contributed by atoms with E-state index in [1.165, 1.54) is 12.8 Å². The third-order valence-corrected chi connectivity index (χ3v) is 4.52. The van der Waals surface area contributed by atoms with Gasteiger partial charge in [-0.1, -0.05) is 0 Å². The van der Waals surface area contributed by atoms with Gasteiger partial charge in [-0.25, -0.2) is 0 Å². The van der Waals surface area contributed by atoms with Crippen molar-refractivity contribution in [3.63, 3.8) is 0 Å². The minimum atomic E-state index is 0.534. The molecule has 4 rings (SSSR count). The van der Waals surface area contributed by atoms with E-state index in [2.05, 4.69) is 49.4 Å². The summed E-state index contributed by atoms with van der Waals surface area (Å²) in [6.07, 6.45) is 4.25. The van der Waals surface area contributed by atoms with E-state index < -0.39 is 0 Å². The summed E-state index contributed by atoms with van der Waals surface area (Å²) in [5.74, 6) is 1.66. The standard InChI is InChI=1S/C16H20N6/c1-21(9-13-3-2-8-17-18-13)14-10-22(11-14)16-7-6-15(19-20-16)12-4-5-12/h2-3,6-8,12,14H,4-5,9-11H2,1H3. The van der Waals surface area contributed by atoms with E-state index in [0.717, 1.165) is 36.8 Å². The molecule has 6 heteroatoms. The Kier molecular flexibility index (Phi) is 3.46. The third-order valence-electron chi connectivity index (χ3n) is 4.52. The first-order chi connectivity index (χ1) is 10.8. The minimum Gasteiger partial charge on any atom is -0.352 e. The van der Waals surface area contributed by atoms with E-state index in [1.54, 1.807) is 6.20 Å². The molecule has 114 valence electrons. The second-order valence-electron chi connectivity index (χ2n) is 6.28. The number of likely N-dealkylation sites (N-methyl/N-ethyl adjacent to an activating group) is 1. The van der Waals surface area contributed by atoms with Gasteiger partial charge < -0.3 is 4.90 Å². The van der Waals surface area contributed by atoms with Crippen LogP contribution >= 0.6 is 0 Å². The molecule has 22 heavy (non-hydrogen) atoms. The average Bonchev–Trinajstić information content (AvgIpc) is 3.32. The fourth-order valence-electron chi connectivity index (χ4n) is 2.82. The van der Waals surface area contributed by atoms with E-state index in [0.29, 0.717) is 12.0 Å². The zero-order valence-corrected chi connectivity index (χ0v) is 12.8. The summed E-state index contributed by atoms with van der Waals surface area (Å²) in [7, 11) is 2.14. The largest absolute Gasteiger partial charge is 0.352 e. The van der Waals surface area contributed by atoms with Crippen LogP contribution in [0.25, 0.3) is 0 Å². The molecule has 0 radical (unpaired) electrons. The molecule has 3 heterocycles. The summed E-state index contributed by atoms with van der Waals surface area (Å²) in [6, 6.07) is 8.73. The molecule has 2 aromatic rings. The Hall–Kier alpha value is -2.08. The lowest BCUT2D eigenvalue weighted by molar-refractivity contribution is 0.194. The molecule has 6 nitrogen and oxygen atoms in total. The topological polar surface area (TPSA) is 58.0 Å². The molecular formula is C16H20N6. The normalized spacial score (nSPS) is 18.5. The molecular weight excluding hydrogens is 276 g/mol. The molecule has 1 saturated carbocycles. The van der Waals surface area contributed by atoms with Crippen LogP contribution in [0.15, 0.2) is 30.5 Å². The monoisotopic (exact) mass is 296 g/mol. The fourth-order valence-corrected chi connectivity index (χ4v) is 2.82. The molecule has 1 aliphatic heterocycles. The number of hydrogen-bond donors (Lipinski definition) is 0. The molecule has 2 aromatic heterocycles. The quantitative estimate of drug-likeness (QED) is 0.832. The molecule has 0 amide bonds. The van der Waals surface area contributed by atoms with E-state index in [-0.39, 0.29) is 0 Å². The maximum absolute atomic E-state index is 4.37. The van der Waals surface area contributed by atoms with Gasteiger partial charge in [0.05, 0.1) is 11.4 Å².